The predicted octanol–water partition coefficient (Wildman–Crippen LogP) is 4.18. The number of sulfone groups is 1. The van der Waals surface area contributed by atoms with Gasteiger partial charge in [-0.15, -0.1) is 0 Å². The van der Waals surface area contributed by atoms with E-state index in [9.17, 15) is 26.4 Å². The van der Waals surface area contributed by atoms with Crippen LogP contribution in [0.25, 0.3) is 0 Å². The van der Waals surface area contributed by atoms with Gasteiger partial charge in [-0.25, -0.2) is 8.42 Å². The van der Waals surface area contributed by atoms with Gasteiger partial charge in [0.15, 0.2) is 0 Å². The summed E-state index contributed by atoms with van der Waals surface area (Å²) in [7, 11) is -5.45. The number of alkyl halides is 3. The quantitative estimate of drug-likeness (QED) is 0.666. The second-order valence-electron chi connectivity index (χ2n) is 8.01. The lowest BCUT2D eigenvalue weighted by Crippen LogP contribution is -2.53. The van der Waals surface area contributed by atoms with Crippen LogP contribution in [0.5, 0.6) is 0 Å². The van der Waals surface area contributed by atoms with Crippen LogP contribution in [0, 0.1) is 0 Å². The van der Waals surface area contributed by atoms with E-state index in [1.165, 1.54) is 17.8 Å². The molecule has 178 valence electrons. The van der Waals surface area contributed by atoms with Crippen LogP contribution in [-0.4, -0.2) is 57.0 Å². The van der Waals surface area contributed by atoms with Crippen molar-refractivity contribution in [3.63, 3.8) is 0 Å². The highest BCUT2D eigenvalue weighted by atomic mass is 32.2. The zero-order valence-electron chi connectivity index (χ0n) is 17.9. The van der Waals surface area contributed by atoms with Crippen molar-refractivity contribution in [1.82, 2.24) is 10.2 Å². The number of carbonyl (C=O) groups is 1. The molecule has 1 saturated heterocycles. The van der Waals surface area contributed by atoms with Gasteiger partial charge in [-0.1, -0.05) is 23.9 Å². The topological polar surface area (TPSA) is 69.7 Å². The van der Waals surface area contributed by atoms with Crippen molar-refractivity contribution in [1.29, 1.82) is 0 Å². The number of para-hydroxylation sites is 1. The Bertz CT molecular complexity index is 1160. The summed E-state index contributed by atoms with van der Waals surface area (Å²) in [5, 5.41) is 3.29. The molecule has 0 bridgehead atoms. The Morgan fingerprint density at radius 3 is 2.61 bits per heavy atom. The van der Waals surface area contributed by atoms with Gasteiger partial charge in [0.25, 0.3) is 9.84 Å². The number of hydrogen-bond donors (Lipinski definition) is 1. The first-order valence-electron chi connectivity index (χ1n) is 10.6. The third kappa shape index (κ3) is 4.71. The molecule has 1 unspecified atom stereocenters. The van der Waals surface area contributed by atoms with E-state index < -0.39 is 20.2 Å². The summed E-state index contributed by atoms with van der Waals surface area (Å²) in [5.74, 6) is 0.0218. The lowest BCUT2D eigenvalue weighted by molar-refractivity contribution is -0.132. The summed E-state index contributed by atoms with van der Waals surface area (Å²) in [5.41, 5.74) is -4.11. The number of piperazine rings is 1. The van der Waals surface area contributed by atoms with Crippen LogP contribution in [0.1, 0.15) is 19.8 Å². The average molecular weight is 500 g/mol. The molecule has 1 amide bonds. The molecular weight excluding hydrogens is 475 g/mol. The fourth-order valence-electron chi connectivity index (χ4n) is 4.27. The average Bonchev–Trinajstić information content (AvgIpc) is 2.77. The number of amides is 1. The first-order chi connectivity index (χ1) is 15.6. The molecule has 33 heavy (non-hydrogen) atoms. The fraction of sp³-hybridized carbons (Fsp3) is 0.409. The van der Waals surface area contributed by atoms with Crippen molar-refractivity contribution in [3.8, 4) is 0 Å². The fourth-order valence-corrected chi connectivity index (χ4v) is 6.13. The van der Waals surface area contributed by atoms with Crippen LogP contribution in [0.3, 0.4) is 0 Å². The Hall–Kier alpha value is -2.24. The minimum absolute atomic E-state index is 0.0218. The second-order valence-corrected chi connectivity index (χ2v) is 11.0. The van der Waals surface area contributed by atoms with Crippen molar-refractivity contribution >= 4 is 38.9 Å². The summed E-state index contributed by atoms with van der Waals surface area (Å²) >= 11 is 1.40. The van der Waals surface area contributed by atoms with E-state index in [2.05, 4.69) is 5.32 Å². The monoisotopic (exact) mass is 499 g/mol. The Balaban J connectivity index is 1.62. The van der Waals surface area contributed by atoms with Gasteiger partial charge in [-0.2, -0.15) is 13.2 Å². The molecule has 0 aromatic heterocycles. The van der Waals surface area contributed by atoms with E-state index in [-0.39, 0.29) is 11.9 Å². The van der Waals surface area contributed by atoms with Gasteiger partial charge in [-0.3, -0.25) is 4.79 Å². The highest BCUT2D eigenvalue weighted by Gasteiger charge is 2.47. The molecule has 4 rings (SSSR count). The van der Waals surface area contributed by atoms with Crippen LogP contribution in [0.2, 0.25) is 0 Å². The zero-order chi connectivity index (χ0) is 23.8. The Kier molecular flexibility index (Phi) is 6.66. The lowest BCUT2D eigenvalue weighted by atomic mass is 10.1. The third-order valence-electron chi connectivity index (χ3n) is 5.89. The minimum atomic E-state index is -5.45. The zero-order valence-corrected chi connectivity index (χ0v) is 19.6. The minimum Gasteiger partial charge on any atom is -0.340 e. The molecule has 1 fully saturated rings. The number of nitrogens with zero attached hydrogens (tertiary/aromatic N) is 2. The van der Waals surface area contributed by atoms with Gasteiger partial charge in [-0.05, 0) is 43.2 Å². The highest BCUT2D eigenvalue weighted by molar-refractivity contribution is 7.99. The molecule has 2 aromatic rings. The molecule has 0 aliphatic carbocycles. The Labute approximate surface area is 195 Å². The maximum atomic E-state index is 13.2. The lowest BCUT2D eigenvalue weighted by Gasteiger charge is -2.37. The molecule has 2 heterocycles. The number of carbonyl (C=O) groups excluding carboxylic acids is 1. The van der Waals surface area contributed by atoms with Crippen LogP contribution >= 0.6 is 11.8 Å². The molecule has 1 N–H and O–H groups in total. The summed E-state index contributed by atoms with van der Waals surface area (Å²) < 4.78 is 63.5. The van der Waals surface area contributed by atoms with E-state index in [0.717, 1.165) is 29.3 Å². The molecular formula is C22H24F3N3O3S2. The SMILES string of the molecule is CC(=O)N1CCNCC1CCCN1c2ccccc2Sc2ccc(S(=O)(=O)C(F)(F)F)cc21. The van der Waals surface area contributed by atoms with E-state index in [4.69, 9.17) is 0 Å². The Morgan fingerprint density at radius 2 is 1.88 bits per heavy atom. The van der Waals surface area contributed by atoms with Crippen LogP contribution in [0.4, 0.5) is 24.5 Å². The first-order valence-corrected chi connectivity index (χ1v) is 12.9. The summed E-state index contributed by atoms with van der Waals surface area (Å²) in [6.07, 6.45) is 1.39. The summed E-state index contributed by atoms with van der Waals surface area (Å²) in [6.45, 7) is 4.11. The van der Waals surface area contributed by atoms with Gasteiger partial charge in [0, 0.05) is 48.9 Å². The standard InChI is InChI=1S/C22H24F3N3O3S2/c1-15(29)27-12-10-26-14-16(27)5-4-11-28-18-6-2-3-7-20(18)32-21-9-8-17(13-19(21)28)33(30,31)22(23,24)25/h2-3,6-9,13,16,26H,4-5,10-12,14H2,1H3. The number of anilines is 2. The van der Waals surface area contributed by atoms with Gasteiger partial charge in [0.05, 0.1) is 16.3 Å². The van der Waals surface area contributed by atoms with E-state index >= 15 is 0 Å². The number of hydrogen-bond acceptors (Lipinski definition) is 6. The molecule has 2 aliphatic heterocycles. The maximum absolute atomic E-state index is 13.2. The molecule has 11 heteroatoms. The molecule has 0 radical (unpaired) electrons. The normalized spacial score (nSPS) is 18.6. The molecule has 1 atom stereocenters. The number of rotatable bonds is 5. The van der Waals surface area contributed by atoms with Crippen molar-refractivity contribution in [2.75, 3.05) is 31.1 Å². The molecule has 0 saturated carbocycles. The molecule has 6 nitrogen and oxygen atoms in total. The van der Waals surface area contributed by atoms with E-state index in [1.54, 1.807) is 6.92 Å². The van der Waals surface area contributed by atoms with Crippen LogP contribution in [0.15, 0.2) is 57.2 Å². The highest BCUT2D eigenvalue weighted by Crippen LogP contribution is 2.49. The molecule has 2 aromatic carbocycles. The van der Waals surface area contributed by atoms with Crippen molar-refractivity contribution < 1.29 is 26.4 Å². The smallest absolute Gasteiger partial charge is 0.340 e. The van der Waals surface area contributed by atoms with Crippen LogP contribution < -0.4 is 10.2 Å². The van der Waals surface area contributed by atoms with E-state index in [1.807, 2.05) is 34.1 Å². The number of halogens is 3. The first kappa shape index (κ1) is 23.9. The van der Waals surface area contributed by atoms with Crippen molar-refractivity contribution in [2.45, 2.75) is 46.0 Å². The number of fused-ring (bicyclic) bond motifs is 2. The van der Waals surface area contributed by atoms with Crippen LogP contribution in [-0.2, 0) is 14.6 Å². The van der Waals surface area contributed by atoms with Gasteiger partial charge < -0.3 is 15.1 Å². The number of benzene rings is 2. The summed E-state index contributed by atoms with van der Waals surface area (Å²) in [4.78, 5) is 16.5. The largest absolute Gasteiger partial charge is 0.501 e. The van der Waals surface area contributed by atoms with Crippen molar-refractivity contribution in [2.24, 2.45) is 0 Å². The second kappa shape index (κ2) is 9.19. The number of nitrogens with one attached hydrogen (secondary N) is 1. The maximum Gasteiger partial charge on any atom is 0.501 e. The summed E-state index contributed by atoms with van der Waals surface area (Å²) in [6, 6.07) is 11.1. The van der Waals surface area contributed by atoms with E-state index in [0.29, 0.717) is 43.1 Å². The molecule has 0 spiro atoms. The van der Waals surface area contributed by atoms with Crippen molar-refractivity contribution in [3.05, 3.63) is 42.5 Å². The molecule has 2 aliphatic rings. The third-order valence-corrected chi connectivity index (χ3v) is 8.50. The van der Waals surface area contributed by atoms with Gasteiger partial charge >= 0.3 is 5.51 Å². The Morgan fingerprint density at radius 1 is 1.15 bits per heavy atom. The van der Waals surface area contributed by atoms with Gasteiger partial charge in [0.1, 0.15) is 0 Å². The van der Waals surface area contributed by atoms with Gasteiger partial charge in [0.2, 0.25) is 5.91 Å². The predicted molar refractivity (Wildman–Crippen MR) is 121 cm³/mol.